The van der Waals surface area contributed by atoms with Crippen LogP contribution in [0.1, 0.15) is 45.4 Å². The molecule has 1 radical (unpaired) electrons. The van der Waals surface area contributed by atoms with E-state index < -0.39 is 0 Å². The summed E-state index contributed by atoms with van der Waals surface area (Å²) in [7, 11) is 0. The molecule has 67 valence electrons. The Labute approximate surface area is 89.2 Å². The van der Waals surface area contributed by atoms with Crippen LogP contribution in [0.4, 0.5) is 0 Å². The van der Waals surface area contributed by atoms with Gasteiger partial charge in [0.25, 0.3) is 0 Å². The average molecular weight is 162 g/mol. The van der Waals surface area contributed by atoms with Gasteiger partial charge >= 0.3 is 18.9 Å². The van der Waals surface area contributed by atoms with Crippen LogP contribution in [0.2, 0.25) is 0 Å². The summed E-state index contributed by atoms with van der Waals surface area (Å²) in [5.74, 6) is 0. The second kappa shape index (κ2) is 13.8. The molecule has 0 fully saturated rings. The molecule has 0 spiro atoms. The summed E-state index contributed by atoms with van der Waals surface area (Å²) in [6, 6.07) is 0. The molecule has 1 nitrogen and oxygen atoms in total. The molecule has 0 bridgehead atoms. The van der Waals surface area contributed by atoms with Crippen molar-refractivity contribution in [2.45, 2.75) is 45.4 Å². The molecule has 2 heteroatoms. The van der Waals surface area contributed by atoms with E-state index >= 15 is 0 Å². The third-order valence-corrected chi connectivity index (χ3v) is 1.65. The van der Waals surface area contributed by atoms with Crippen LogP contribution in [0.3, 0.4) is 0 Å². The van der Waals surface area contributed by atoms with Crippen LogP contribution in [0, 0.1) is 6.92 Å². The van der Waals surface area contributed by atoms with Crippen molar-refractivity contribution in [1.82, 2.24) is 0 Å². The molecule has 0 amide bonds. The Morgan fingerprint density at radius 2 is 1.83 bits per heavy atom. The molecule has 0 aromatic heterocycles. The zero-order valence-electron chi connectivity index (χ0n) is 7.68. The van der Waals surface area contributed by atoms with Gasteiger partial charge in [0.05, 0.1) is 0 Å². The van der Waals surface area contributed by atoms with Crippen LogP contribution in [-0.4, -0.2) is 31.6 Å². The van der Waals surface area contributed by atoms with E-state index in [1.54, 1.807) is 0 Å². The van der Waals surface area contributed by atoms with Crippen molar-refractivity contribution < 1.29 is 0 Å². The molecule has 0 atom stereocenters. The first-order chi connectivity index (χ1) is 5.41. The standard InChI is InChI=1S/C10H20N.Li.H/c1-3-5-6-7-8-10-11-9-4-2;;/h9H,2-8,10H2,1H3;;. The second-order valence-electron chi connectivity index (χ2n) is 2.79. The summed E-state index contributed by atoms with van der Waals surface area (Å²) < 4.78 is 0. The van der Waals surface area contributed by atoms with Crippen molar-refractivity contribution in [3.8, 4) is 0 Å². The van der Waals surface area contributed by atoms with E-state index in [2.05, 4.69) is 18.8 Å². The SMILES string of the molecule is [CH2]CC=NCCCCCCC.[LiH]. The maximum atomic E-state index is 4.20. The first-order valence-corrected chi connectivity index (χ1v) is 4.69. The Morgan fingerprint density at radius 3 is 2.42 bits per heavy atom. The van der Waals surface area contributed by atoms with Crippen LogP contribution < -0.4 is 0 Å². The molecular formula is C10H21LiN. The van der Waals surface area contributed by atoms with Gasteiger partial charge in [-0.3, -0.25) is 4.99 Å². The molecule has 0 heterocycles. The van der Waals surface area contributed by atoms with Crippen LogP contribution in [-0.2, 0) is 0 Å². The monoisotopic (exact) mass is 162 g/mol. The van der Waals surface area contributed by atoms with Crippen molar-refractivity contribution in [3.63, 3.8) is 0 Å². The Hall–Kier alpha value is 0.267. The third-order valence-electron chi connectivity index (χ3n) is 1.65. The van der Waals surface area contributed by atoms with E-state index in [-0.39, 0.29) is 18.9 Å². The summed E-state index contributed by atoms with van der Waals surface area (Å²) in [4.78, 5) is 4.20. The van der Waals surface area contributed by atoms with E-state index in [1.807, 2.05) is 6.21 Å². The zero-order chi connectivity index (χ0) is 8.36. The fourth-order valence-electron chi connectivity index (χ4n) is 0.989. The normalized spacial score (nSPS) is 10.2. The topological polar surface area (TPSA) is 12.4 Å². The predicted molar refractivity (Wildman–Crippen MR) is 59.2 cm³/mol. The number of unbranched alkanes of at least 4 members (excludes halogenated alkanes) is 4. The van der Waals surface area contributed by atoms with Gasteiger partial charge < -0.3 is 0 Å². The van der Waals surface area contributed by atoms with E-state index in [9.17, 15) is 0 Å². The molecule has 0 aliphatic rings. The molecule has 0 saturated carbocycles. The third kappa shape index (κ3) is 12.9. The van der Waals surface area contributed by atoms with E-state index in [0.29, 0.717) is 0 Å². The van der Waals surface area contributed by atoms with Crippen molar-refractivity contribution >= 4 is 25.1 Å². The van der Waals surface area contributed by atoms with Crippen molar-refractivity contribution in [1.29, 1.82) is 0 Å². The van der Waals surface area contributed by atoms with Gasteiger partial charge in [-0.2, -0.15) is 0 Å². The van der Waals surface area contributed by atoms with Gasteiger partial charge in [-0.1, -0.05) is 32.6 Å². The molecule has 0 N–H and O–H groups in total. The molecule has 0 aliphatic heterocycles. The summed E-state index contributed by atoms with van der Waals surface area (Å²) >= 11 is 0. The summed E-state index contributed by atoms with van der Waals surface area (Å²) in [5, 5.41) is 0. The number of nitrogens with zero attached hydrogens (tertiary/aromatic N) is 1. The molecular weight excluding hydrogens is 141 g/mol. The molecule has 0 aliphatic carbocycles. The molecule has 0 aromatic rings. The van der Waals surface area contributed by atoms with Crippen molar-refractivity contribution in [3.05, 3.63) is 6.92 Å². The van der Waals surface area contributed by atoms with Crippen LogP contribution in [0.15, 0.2) is 4.99 Å². The molecule has 12 heavy (non-hydrogen) atoms. The maximum absolute atomic E-state index is 4.20. The number of aliphatic imine (C=N–C) groups is 1. The van der Waals surface area contributed by atoms with Crippen LogP contribution >= 0.6 is 0 Å². The van der Waals surface area contributed by atoms with E-state index in [4.69, 9.17) is 0 Å². The van der Waals surface area contributed by atoms with Crippen LogP contribution in [0.5, 0.6) is 0 Å². The van der Waals surface area contributed by atoms with Gasteiger partial charge in [-0.15, -0.1) is 0 Å². The first-order valence-electron chi connectivity index (χ1n) is 4.69. The number of hydrogen-bond acceptors (Lipinski definition) is 1. The van der Waals surface area contributed by atoms with Gasteiger partial charge in [0.2, 0.25) is 0 Å². The van der Waals surface area contributed by atoms with Gasteiger partial charge in [-0.05, 0) is 26.0 Å². The summed E-state index contributed by atoms with van der Waals surface area (Å²) in [6.07, 6.45) is 9.38. The Bertz CT molecular complexity index is 91.8. The summed E-state index contributed by atoms with van der Waals surface area (Å²) in [6.45, 7) is 6.92. The zero-order valence-corrected chi connectivity index (χ0v) is 7.68. The van der Waals surface area contributed by atoms with E-state index in [0.717, 1.165) is 13.0 Å². The Morgan fingerprint density at radius 1 is 1.17 bits per heavy atom. The molecule has 0 saturated heterocycles. The van der Waals surface area contributed by atoms with Gasteiger partial charge in [0.15, 0.2) is 0 Å². The van der Waals surface area contributed by atoms with Gasteiger partial charge in [-0.25, -0.2) is 0 Å². The minimum atomic E-state index is 0. The van der Waals surface area contributed by atoms with Gasteiger partial charge in [0.1, 0.15) is 0 Å². The number of rotatable bonds is 7. The Balaban J connectivity index is 0. The van der Waals surface area contributed by atoms with Crippen molar-refractivity contribution in [2.24, 2.45) is 4.99 Å². The second-order valence-corrected chi connectivity index (χ2v) is 2.79. The fraction of sp³-hybridized carbons (Fsp3) is 0.800. The Kier molecular flexibility index (Phi) is 17.0. The molecule has 0 rings (SSSR count). The van der Waals surface area contributed by atoms with Crippen LogP contribution in [0.25, 0.3) is 0 Å². The van der Waals surface area contributed by atoms with Crippen molar-refractivity contribution in [2.75, 3.05) is 6.54 Å². The first kappa shape index (κ1) is 14.8. The van der Waals surface area contributed by atoms with Gasteiger partial charge in [0, 0.05) is 6.54 Å². The molecule has 0 unspecified atom stereocenters. The minimum absolute atomic E-state index is 0. The quantitative estimate of drug-likeness (QED) is 0.310. The van der Waals surface area contributed by atoms with E-state index in [1.165, 1.54) is 32.1 Å². The summed E-state index contributed by atoms with van der Waals surface area (Å²) in [5.41, 5.74) is 0. The molecule has 0 aromatic carbocycles. The predicted octanol–water partition coefficient (Wildman–Crippen LogP) is 2.60. The number of hydrogen-bond donors (Lipinski definition) is 0. The average Bonchev–Trinajstić information content (AvgIpc) is 2.03. The fourth-order valence-corrected chi connectivity index (χ4v) is 0.989.